The number of amides is 1. The number of carbonyl (C=O) groups is 1. The summed E-state index contributed by atoms with van der Waals surface area (Å²) in [6.07, 6.45) is 0.803. The molecule has 0 radical (unpaired) electrons. The van der Waals surface area contributed by atoms with E-state index >= 15 is 0 Å². The molecule has 0 saturated heterocycles. The highest BCUT2D eigenvalue weighted by Gasteiger charge is 2.15. The first kappa shape index (κ1) is 16.6. The molecule has 2 N–H and O–H groups in total. The Morgan fingerprint density at radius 3 is 2.59 bits per heavy atom. The lowest BCUT2D eigenvalue weighted by atomic mass is 10.1. The second-order valence-electron chi connectivity index (χ2n) is 6.36. The Morgan fingerprint density at radius 2 is 1.95 bits per heavy atom. The van der Waals surface area contributed by atoms with Crippen LogP contribution in [0.25, 0.3) is 0 Å². The zero-order chi connectivity index (χ0) is 16.2. The van der Waals surface area contributed by atoms with Gasteiger partial charge in [-0.1, -0.05) is 42.1 Å². The van der Waals surface area contributed by atoms with E-state index in [9.17, 15) is 4.79 Å². The van der Waals surface area contributed by atoms with Crippen LogP contribution in [0.5, 0.6) is 0 Å². The lowest BCUT2D eigenvalue weighted by Gasteiger charge is -2.20. The molecule has 0 spiro atoms. The van der Waals surface area contributed by atoms with Gasteiger partial charge in [-0.3, -0.25) is 4.79 Å². The minimum atomic E-state index is -0.199. The van der Waals surface area contributed by atoms with Gasteiger partial charge < -0.3 is 10.3 Å². The van der Waals surface area contributed by atoms with Crippen LogP contribution in [0, 0.1) is 6.92 Å². The summed E-state index contributed by atoms with van der Waals surface area (Å²) in [7, 11) is 0. The fourth-order valence-electron chi connectivity index (χ4n) is 2.08. The van der Waals surface area contributed by atoms with Crippen molar-refractivity contribution >= 4 is 17.7 Å². The maximum atomic E-state index is 11.8. The van der Waals surface area contributed by atoms with Crippen molar-refractivity contribution in [3.63, 3.8) is 0 Å². The van der Waals surface area contributed by atoms with Crippen LogP contribution in [-0.2, 0) is 11.2 Å². The third kappa shape index (κ3) is 5.22. The molecule has 2 rings (SSSR count). The summed E-state index contributed by atoms with van der Waals surface area (Å²) in [6.45, 7) is 7.95. The number of benzene rings is 1. The van der Waals surface area contributed by atoms with E-state index in [0.29, 0.717) is 5.75 Å². The smallest absolute Gasteiger partial charge is 0.230 e. The zero-order valence-corrected chi connectivity index (χ0v) is 14.4. The zero-order valence-electron chi connectivity index (χ0n) is 13.6. The molecule has 0 aliphatic rings. The minimum absolute atomic E-state index is 0.0242. The molecule has 0 unspecified atom stereocenters. The van der Waals surface area contributed by atoms with Crippen molar-refractivity contribution in [2.75, 3.05) is 5.75 Å². The second kappa shape index (κ2) is 7.01. The number of carbonyl (C=O) groups excluding carboxylic acids is 1. The van der Waals surface area contributed by atoms with Crippen LogP contribution in [0.2, 0.25) is 0 Å². The molecular formula is C17H23N3OS. The molecule has 5 heteroatoms. The number of hydrogen-bond donors (Lipinski definition) is 2. The quantitative estimate of drug-likeness (QED) is 0.832. The number of nitrogens with zero attached hydrogens (tertiary/aromatic N) is 1. The summed E-state index contributed by atoms with van der Waals surface area (Å²) in [5.41, 5.74) is 3.13. The van der Waals surface area contributed by atoms with Crippen LogP contribution in [0.1, 0.15) is 37.7 Å². The van der Waals surface area contributed by atoms with E-state index in [2.05, 4.69) is 27.4 Å². The van der Waals surface area contributed by atoms with Crippen LogP contribution in [-0.4, -0.2) is 27.2 Å². The Hall–Kier alpha value is -1.75. The summed E-state index contributed by atoms with van der Waals surface area (Å²) in [6, 6.07) is 10.3. The average molecular weight is 317 g/mol. The number of imidazole rings is 1. The van der Waals surface area contributed by atoms with E-state index in [0.717, 1.165) is 23.0 Å². The van der Waals surface area contributed by atoms with E-state index in [-0.39, 0.29) is 11.4 Å². The fraction of sp³-hybridized carbons (Fsp3) is 0.412. The Morgan fingerprint density at radius 1 is 1.27 bits per heavy atom. The standard InChI is InChI=1S/C17H23N3OS/c1-12-14(10-13-8-6-5-7-9-13)19-16(18-12)22-11-15(21)20-17(2,3)4/h5-9H,10-11H2,1-4H3,(H,18,19)(H,20,21). The van der Waals surface area contributed by atoms with Gasteiger partial charge in [0.1, 0.15) is 0 Å². The molecule has 118 valence electrons. The molecule has 4 nitrogen and oxygen atoms in total. The number of aryl methyl sites for hydroxylation is 1. The first-order valence-electron chi connectivity index (χ1n) is 7.37. The topological polar surface area (TPSA) is 57.8 Å². The van der Waals surface area contributed by atoms with Gasteiger partial charge in [0.25, 0.3) is 0 Å². The molecule has 0 saturated carbocycles. The summed E-state index contributed by atoms with van der Waals surface area (Å²) < 4.78 is 0. The summed E-state index contributed by atoms with van der Waals surface area (Å²) in [5, 5.41) is 3.75. The van der Waals surface area contributed by atoms with Crippen molar-refractivity contribution < 1.29 is 4.79 Å². The van der Waals surface area contributed by atoms with Crippen LogP contribution in [0.3, 0.4) is 0 Å². The molecule has 22 heavy (non-hydrogen) atoms. The predicted octanol–water partition coefficient (Wildman–Crippen LogP) is 3.32. The molecule has 0 fully saturated rings. The third-order valence-electron chi connectivity index (χ3n) is 3.03. The Balaban J connectivity index is 1.94. The van der Waals surface area contributed by atoms with Crippen molar-refractivity contribution in [3.8, 4) is 0 Å². The monoisotopic (exact) mass is 317 g/mol. The Labute approximate surface area is 136 Å². The molecular weight excluding hydrogens is 294 g/mol. The van der Waals surface area contributed by atoms with E-state index < -0.39 is 0 Å². The fourth-order valence-corrected chi connectivity index (χ4v) is 2.82. The van der Waals surface area contributed by atoms with Gasteiger partial charge in [-0.15, -0.1) is 0 Å². The molecule has 0 aliphatic heterocycles. The van der Waals surface area contributed by atoms with Gasteiger partial charge in [0.05, 0.1) is 11.4 Å². The van der Waals surface area contributed by atoms with E-state index in [1.165, 1.54) is 17.3 Å². The van der Waals surface area contributed by atoms with Crippen molar-refractivity contribution in [1.82, 2.24) is 15.3 Å². The largest absolute Gasteiger partial charge is 0.351 e. The van der Waals surface area contributed by atoms with Gasteiger partial charge in [-0.2, -0.15) is 0 Å². The number of nitrogens with one attached hydrogen (secondary N) is 2. The summed E-state index contributed by atoms with van der Waals surface area (Å²) in [4.78, 5) is 19.7. The van der Waals surface area contributed by atoms with Crippen LogP contribution in [0.4, 0.5) is 0 Å². The molecule has 0 bridgehead atoms. The highest BCUT2D eigenvalue weighted by Crippen LogP contribution is 2.19. The molecule has 2 aromatic rings. The molecule has 1 aromatic heterocycles. The number of hydrogen-bond acceptors (Lipinski definition) is 3. The Kier molecular flexibility index (Phi) is 5.29. The molecule has 0 aliphatic carbocycles. The molecule has 1 amide bonds. The van der Waals surface area contributed by atoms with Gasteiger partial charge in [-0.05, 0) is 33.3 Å². The second-order valence-corrected chi connectivity index (χ2v) is 7.33. The summed E-state index contributed by atoms with van der Waals surface area (Å²) in [5.74, 6) is 0.394. The maximum absolute atomic E-state index is 11.8. The number of thioether (sulfide) groups is 1. The predicted molar refractivity (Wildman–Crippen MR) is 91.2 cm³/mol. The first-order valence-corrected chi connectivity index (χ1v) is 8.35. The van der Waals surface area contributed by atoms with Gasteiger partial charge in [-0.25, -0.2) is 4.98 Å². The van der Waals surface area contributed by atoms with Crippen LogP contribution < -0.4 is 5.32 Å². The minimum Gasteiger partial charge on any atom is -0.351 e. The van der Waals surface area contributed by atoms with E-state index in [4.69, 9.17) is 0 Å². The lowest BCUT2D eigenvalue weighted by molar-refractivity contribution is -0.119. The van der Waals surface area contributed by atoms with Gasteiger partial charge in [0.2, 0.25) is 5.91 Å². The van der Waals surface area contributed by atoms with Crippen molar-refractivity contribution in [1.29, 1.82) is 0 Å². The highest BCUT2D eigenvalue weighted by atomic mass is 32.2. The van der Waals surface area contributed by atoms with E-state index in [1.807, 2.05) is 45.9 Å². The molecule has 1 aromatic carbocycles. The number of aromatic nitrogens is 2. The van der Waals surface area contributed by atoms with Crippen molar-refractivity contribution in [2.45, 2.75) is 44.8 Å². The van der Waals surface area contributed by atoms with Crippen LogP contribution >= 0.6 is 11.8 Å². The van der Waals surface area contributed by atoms with Crippen molar-refractivity contribution in [2.24, 2.45) is 0 Å². The van der Waals surface area contributed by atoms with Gasteiger partial charge >= 0.3 is 0 Å². The van der Waals surface area contributed by atoms with E-state index in [1.54, 1.807) is 0 Å². The number of aromatic amines is 1. The lowest BCUT2D eigenvalue weighted by Crippen LogP contribution is -2.41. The van der Waals surface area contributed by atoms with Crippen molar-refractivity contribution in [3.05, 3.63) is 47.3 Å². The Bertz CT molecular complexity index is 629. The average Bonchev–Trinajstić information content (AvgIpc) is 2.76. The SMILES string of the molecule is Cc1[nH]c(SCC(=O)NC(C)(C)C)nc1Cc1ccccc1. The number of H-pyrrole nitrogens is 1. The van der Waals surface area contributed by atoms with Gasteiger partial charge in [0, 0.05) is 17.7 Å². The molecule has 0 atom stereocenters. The van der Waals surface area contributed by atoms with Crippen LogP contribution in [0.15, 0.2) is 35.5 Å². The third-order valence-corrected chi connectivity index (χ3v) is 3.91. The molecule has 1 heterocycles. The number of rotatable bonds is 5. The van der Waals surface area contributed by atoms with Gasteiger partial charge in [0.15, 0.2) is 5.16 Å². The first-order chi connectivity index (χ1) is 10.3. The summed E-state index contributed by atoms with van der Waals surface area (Å²) >= 11 is 1.44. The maximum Gasteiger partial charge on any atom is 0.230 e. The highest BCUT2D eigenvalue weighted by molar-refractivity contribution is 7.99. The normalized spacial score (nSPS) is 11.5.